The quantitative estimate of drug-likeness (QED) is 0.679. The molecule has 0 fully saturated rings. The number of hydrogen-bond donors (Lipinski definition) is 0. The van der Waals surface area contributed by atoms with Crippen molar-refractivity contribution >= 4 is 39.1 Å². The highest BCUT2D eigenvalue weighted by molar-refractivity contribution is 7.16. The minimum Gasteiger partial charge on any atom is -0.312 e. The predicted octanol–water partition coefficient (Wildman–Crippen LogP) is 3.50. The minimum atomic E-state index is -0.306. The lowest BCUT2D eigenvalue weighted by molar-refractivity contribution is 0.0987. The molecule has 0 spiro atoms. The molecule has 0 radical (unpaired) electrons. The largest absolute Gasteiger partial charge is 0.312 e. The van der Waals surface area contributed by atoms with Crippen LogP contribution in [0.15, 0.2) is 48.1 Å². The summed E-state index contributed by atoms with van der Waals surface area (Å²) in [5.74, 6) is -0.306. The van der Waals surface area contributed by atoms with Crippen LogP contribution in [0.4, 0.5) is 0 Å². The van der Waals surface area contributed by atoms with Gasteiger partial charge in [0.05, 0.1) is 10.2 Å². The standard InChI is InChI=1S/C16H15ClN4OS/c1-3-9-20-12-6-5-11(17)10-14(12)23-16(20)19-15(22)13-7-8-18-21(13)4-2/h3,5-8,10H,1,4,9H2,2H3. The summed E-state index contributed by atoms with van der Waals surface area (Å²) in [5.41, 5.74) is 1.46. The van der Waals surface area contributed by atoms with Crippen LogP contribution < -0.4 is 4.80 Å². The molecular formula is C16H15ClN4OS. The topological polar surface area (TPSA) is 52.2 Å². The summed E-state index contributed by atoms with van der Waals surface area (Å²) >= 11 is 7.48. The van der Waals surface area contributed by atoms with Crippen molar-refractivity contribution in [2.24, 2.45) is 4.99 Å². The first-order valence-electron chi connectivity index (χ1n) is 7.14. The van der Waals surface area contributed by atoms with E-state index in [2.05, 4.69) is 16.7 Å². The summed E-state index contributed by atoms with van der Waals surface area (Å²) in [6, 6.07) is 7.31. The first kappa shape index (κ1) is 15.7. The maximum absolute atomic E-state index is 12.5. The normalized spacial score (nSPS) is 12.0. The Morgan fingerprint density at radius 2 is 2.30 bits per heavy atom. The number of aromatic nitrogens is 3. The van der Waals surface area contributed by atoms with Gasteiger partial charge in [0.15, 0.2) is 4.80 Å². The van der Waals surface area contributed by atoms with Gasteiger partial charge < -0.3 is 4.57 Å². The van der Waals surface area contributed by atoms with E-state index >= 15 is 0 Å². The second-order valence-electron chi connectivity index (χ2n) is 4.85. The summed E-state index contributed by atoms with van der Waals surface area (Å²) in [7, 11) is 0. The molecule has 1 aromatic carbocycles. The van der Waals surface area contributed by atoms with Gasteiger partial charge in [-0.1, -0.05) is 29.0 Å². The number of hydrogen-bond acceptors (Lipinski definition) is 3. The van der Waals surface area contributed by atoms with Crippen LogP contribution in [0, 0.1) is 0 Å². The van der Waals surface area contributed by atoms with Crippen LogP contribution in [0.2, 0.25) is 5.02 Å². The van der Waals surface area contributed by atoms with Crippen LogP contribution in [0.25, 0.3) is 10.2 Å². The lowest BCUT2D eigenvalue weighted by atomic mass is 10.3. The van der Waals surface area contributed by atoms with E-state index in [4.69, 9.17) is 11.6 Å². The van der Waals surface area contributed by atoms with Gasteiger partial charge in [-0.25, -0.2) is 0 Å². The SMILES string of the molecule is C=CCn1c(=NC(=O)c2ccnn2CC)sc2cc(Cl)ccc21. The molecule has 118 valence electrons. The Kier molecular flexibility index (Phi) is 4.45. The lowest BCUT2D eigenvalue weighted by Crippen LogP contribution is -2.17. The van der Waals surface area contributed by atoms with E-state index in [9.17, 15) is 4.79 Å². The summed E-state index contributed by atoms with van der Waals surface area (Å²) in [6.07, 6.45) is 3.38. The zero-order chi connectivity index (χ0) is 16.4. The molecule has 0 aliphatic carbocycles. The van der Waals surface area contributed by atoms with Crippen LogP contribution in [-0.2, 0) is 13.1 Å². The van der Waals surface area contributed by atoms with Crippen molar-refractivity contribution < 1.29 is 4.79 Å². The third kappa shape index (κ3) is 3.00. The fraction of sp³-hybridized carbons (Fsp3) is 0.188. The fourth-order valence-electron chi connectivity index (χ4n) is 2.35. The predicted molar refractivity (Wildman–Crippen MR) is 92.8 cm³/mol. The Morgan fingerprint density at radius 1 is 1.48 bits per heavy atom. The van der Waals surface area contributed by atoms with Crippen LogP contribution >= 0.6 is 22.9 Å². The van der Waals surface area contributed by atoms with Gasteiger partial charge in [-0.2, -0.15) is 10.1 Å². The molecule has 1 amide bonds. The highest BCUT2D eigenvalue weighted by Crippen LogP contribution is 2.22. The number of carbonyl (C=O) groups is 1. The van der Waals surface area contributed by atoms with Crippen LogP contribution in [0.5, 0.6) is 0 Å². The molecule has 5 nitrogen and oxygen atoms in total. The average molecular weight is 347 g/mol. The molecule has 0 unspecified atom stereocenters. The molecule has 2 aromatic heterocycles. The summed E-state index contributed by atoms with van der Waals surface area (Å²) in [6.45, 7) is 6.90. The molecule has 0 saturated carbocycles. The number of carbonyl (C=O) groups excluding carboxylic acids is 1. The molecular weight excluding hydrogens is 332 g/mol. The Morgan fingerprint density at radius 3 is 3.04 bits per heavy atom. The van der Waals surface area contributed by atoms with Crippen LogP contribution in [0.1, 0.15) is 17.4 Å². The van der Waals surface area contributed by atoms with E-state index in [0.29, 0.717) is 28.6 Å². The van der Waals surface area contributed by atoms with Gasteiger partial charge in [-0.15, -0.1) is 6.58 Å². The monoisotopic (exact) mass is 346 g/mol. The number of benzene rings is 1. The van der Waals surface area contributed by atoms with Gasteiger partial charge >= 0.3 is 0 Å². The molecule has 0 N–H and O–H groups in total. The number of allylic oxidation sites excluding steroid dienone is 1. The molecule has 23 heavy (non-hydrogen) atoms. The molecule has 0 saturated heterocycles. The number of halogens is 1. The Labute approximate surface area is 142 Å². The molecule has 0 aliphatic rings. The third-order valence-corrected chi connectivity index (χ3v) is 4.67. The molecule has 3 aromatic rings. The molecule has 7 heteroatoms. The van der Waals surface area contributed by atoms with Gasteiger partial charge in [-0.3, -0.25) is 9.48 Å². The van der Waals surface area contributed by atoms with Gasteiger partial charge in [0.2, 0.25) is 0 Å². The van der Waals surface area contributed by atoms with Crippen LogP contribution in [0.3, 0.4) is 0 Å². The van der Waals surface area contributed by atoms with Gasteiger partial charge in [0.1, 0.15) is 5.69 Å². The molecule has 2 heterocycles. The van der Waals surface area contributed by atoms with E-state index in [-0.39, 0.29) is 5.91 Å². The highest BCUT2D eigenvalue weighted by atomic mass is 35.5. The maximum atomic E-state index is 12.5. The first-order valence-corrected chi connectivity index (χ1v) is 8.34. The molecule has 0 aliphatic heterocycles. The van der Waals surface area contributed by atoms with E-state index in [1.54, 1.807) is 23.0 Å². The summed E-state index contributed by atoms with van der Waals surface area (Å²) in [4.78, 5) is 17.4. The second kappa shape index (κ2) is 6.52. The number of rotatable bonds is 4. The molecule has 0 atom stereocenters. The Bertz CT molecular complexity index is 951. The van der Waals surface area contributed by atoms with Crippen molar-refractivity contribution in [2.45, 2.75) is 20.0 Å². The fourth-order valence-corrected chi connectivity index (χ4v) is 3.66. The first-order chi connectivity index (χ1) is 11.1. The van der Waals surface area contributed by atoms with Gasteiger partial charge in [0.25, 0.3) is 5.91 Å². The number of thiazole rings is 1. The maximum Gasteiger partial charge on any atom is 0.297 e. The van der Waals surface area contributed by atoms with E-state index < -0.39 is 0 Å². The zero-order valence-electron chi connectivity index (χ0n) is 12.6. The molecule has 3 rings (SSSR count). The Balaban J connectivity index is 2.16. The number of amides is 1. The van der Waals surface area contributed by atoms with Crippen molar-refractivity contribution in [1.29, 1.82) is 0 Å². The molecule has 0 bridgehead atoms. The minimum absolute atomic E-state index is 0.306. The van der Waals surface area contributed by atoms with Crippen molar-refractivity contribution in [3.63, 3.8) is 0 Å². The van der Waals surface area contributed by atoms with E-state index in [1.807, 2.05) is 29.7 Å². The summed E-state index contributed by atoms with van der Waals surface area (Å²) in [5, 5.41) is 4.77. The highest BCUT2D eigenvalue weighted by Gasteiger charge is 2.12. The van der Waals surface area contributed by atoms with Gasteiger partial charge in [-0.05, 0) is 31.2 Å². The van der Waals surface area contributed by atoms with E-state index in [0.717, 1.165) is 10.2 Å². The number of nitrogens with zero attached hydrogens (tertiary/aromatic N) is 4. The van der Waals surface area contributed by atoms with Crippen molar-refractivity contribution in [3.8, 4) is 0 Å². The van der Waals surface area contributed by atoms with Crippen molar-refractivity contribution in [2.75, 3.05) is 0 Å². The third-order valence-electron chi connectivity index (χ3n) is 3.39. The average Bonchev–Trinajstić information content (AvgIpc) is 3.12. The second-order valence-corrected chi connectivity index (χ2v) is 6.29. The van der Waals surface area contributed by atoms with Crippen LogP contribution in [-0.4, -0.2) is 20.3 Å². The van der Waals surface area contributed by atoms with Crippen molar-refractivity contribution in [1.82, 2.24) is 14.3 Å². The zero-order valence-corrected chi connectivity index (χ0v) is 14.1. The van der Waals surface area contributed by atoms with Crippen molar-refractivity contribution in [3.05, 3.63) is 58.6 Å². The summed E-state index contributed by atoms with van der Waals surface area (Å²) < 4.78 is 4.57. The lowest BCUT2D eigenvalue weighted by Gasteiger charge is -2.02. The smallest absolute Gasteiger partial charge is 0.297 e. The van der Waals surface area contributed by atoms with Gasteiger partial charge in [0, 0.05) is 24.3 Å². The number of aryl methyl sites for hydroxylation is 1. The van der Waals surface area contributed by atoms with E-state index in [1.165, 1.54) is 11.3 Å². The Hall–Kier alpha value is -2.18. The number of fused-ring (bicyclic) bond motifs is 1.